The van der Waals surface area contributed by atoms with Crippen molar-refractivity contribution in [3.05, 3.63) is 89.5 Å². The first-order chi connectivity index (χ1) is 17.0. The summed E-state index contributed by atoms with van der Waals surface area (Å²) in [6.07, 6.45) is 0. The molecule has 2 unspecified atom stereocenters. The molecule has 0 fully saturated rings. The molecule has 35 heavy (non-hydrogen) atoms. The average molecular weight is 486 g/mol. The van der Waals surface area contributed by atoms with E-state index in [4.69, 9.17) is 4.74 Å². The van der Waals surface area contributed by atoms with Crippen LogP contribution in [0.3, 0.4) is 0 Å². The molecular weight excluding hydrogens is 458 g/mol. The number of thioether (sulfide) groups is 1. The first kappa shape index (κ1) is 23.0. The van der Waals surface area contributed by atoms with Gasteiger partial charge in [0.2, 0.25) is 11.1 Å². The van der Waals surface area contributed by atoms with Gasteiger partial charge in [0.15, 0.2) is 5.82 Å². The van der Waals surface area contributed by atoms with E-state index < -0.39 is 5.25 Å². The maximum Gasteiger partial charge on any atom is 0.240 e. The fraction of sp³-hybridized carbons (Fsp3) is 0.222. The van der Waals surface area contributed by atoms with E-state index in [1.165, 1.54) is 11.8 Å². The summed E-state index contributed by atoms with van der Waals surface area (Å²) in [4.78, 5) is 13.6. The number of carbonyl (C=O) groups excluding carboxylic acids is 1. The molecule has 2 heterocycles. The SMILES string of the molecule is CCOc1ccc(C2Nn3c(nnc3-c3ccccc3)SC2C(=O)Nc2ccc(C)cc2C)cc1. The van der Waals surface area contributed by atoms with Gasteiger partial charge < -0.3 is 15.5 Å². The molecule has 1 amide bonds. The summed E-state index contributed by atoms with van der Waals surface area (Å²) in [6.45, 7) is 6.60. The second-order valence-corrected chi connectivity index (χ2v) is 9.57. The van der Waals surface area contributed by atoms with Crippen LogP contribution in [0.15, 0.2) is 78.0 Å². The van der Waals surface area contributed by atoms with Crippen LogP contribution in [-0.4, -0.2) is 32.6 Å². The van der Waals surface area contributed by atoms with Crippen molar-refractivity contribution in [3.63, 3.8) is 0 Å². The van der Waals surface area contributed by atoms with E-state index in [0.717, 1.165) is 33.7 Å². The van der Waals surface area contributed by atoms with E-state index in [1.807, 2.05) is 92.2 Å². The number of carbonyl (C=O) groups is 1. The fourth-order valence-electron chi connectivity index (χ4n) is 4.18. The van der Waals surface area contributed by atoms with Crippen molar-refractivity contribution < 1.29 is 9.53 Å². The molecule has 1 aromatic heterocycles. The lowest BCUT2D eigenvalue weighted by molar-refractivity contribution is -0.116. The Morgan fingerprint density at radius 2 is 1.83 bits per heavy atom. The maximum atomic E-state index is 13.6. The summed E-state index contributed by atoms with van der Waals surface area (Å²) in [5.41, 5.74) is 8.43. The van der Waals surface area contributed by atoms with Crippen molar-refractivity contribution in [1.29, 1.82) is 0 Å². The molecule has 4 aromatic rings. The molecule has 1 aliphatic rings. The highest BCUT2D eigenvalue weighted by Crippen LogP contribution is 2.39. The summed E-state index contributed by atoms with van der Waals surface area (Å²) >= 11 is 1.41. The number of nitrogens with zero attached hydrogens (tertiary/aromatic N) is 3. The summed E-state index contributed by atoms with van der Waals surface area (Å²) in [5, 5.41) is 12.1. The minimum Gasteiger partial charge on any atom is -0.494 e. The lowest BCUT2D eigenvalue weighted by Gasteiger charge is -2.33. The molecule has 0 saturated carbocycles. The summed E-state index contributed by atoms with van der Waals surface area (Å²) < 4.78 is 7.49. The Morgan fingerprint density at radius 3 is 2.54 bits per heavy atom. The van der Waals surface area contributed by atoms with Crippen LogP contribution in [0.5, 0.6) is 5.75 Å². The molecule has 5 rings (SSSR count). The predicted molar refractivity (Wildman–Crippen MR) is 139 cm³/mol. The number of benzene rings is 3. The molecule has 2 N–H and O–H groups in total. The lowest BCUT2D eigenvalue weighted by Crippen LogP contribution is -2.41. The third-order valence-corrected chi connectivity index (χ3v) is 7.13. The van der Waals surface area contributed by atoms with Gasteiger partial charge in [0.1, 0.15) is 11.0 Å². The zero-order chi connectivity index (χ0) is 24.4. The highest BCUT2D eigenvalue weighted by Gasteiger charge is 2.38. The van der Waals surface area contributed by atoms with E-state index in [1.54, 1.807) is 0 Å². The number of aromatic nitrogens is 3. The van der Waals surface area contributed by atoms with Crippen LogP contribution in [0.2, 0.25) is 0 Å². The Morgan fingerprint density at radius 1 is 1.06 bits per heavy atom. The summed E-state index contributed by atoms with van der Waals surface area (Å²) in [5.74, 6) is 1.41. The number of amides is 1. The van der Waals surface area contributed by atoms with Crippen molar-refractivity contribution >= 4 is 23.4 Å². The second-order valence-electron chi connectivity index (χ2n) is 8.46. The quantitative estimate of drug-likeness (QED) is 0.383. The van der Waals surface area contributed by atoms with E-state index in [9.17, 15) is 4.79 Å². The molecule has 7 nitrogen and oxygen atoms in total. The van der Waals surface area contributed by atoms with Gasteiger partial charge in [-0.1, -0.05) is 71.9 Å². The van der Waals surface area contributed by atoms with Gasteiger partial charge in [-0.2, -0.15) is 0 Å². The summed E-state index contributed by atoms with van der Waals surface area (Å²) in [7, 11) is 0. The van der Waals surface area contributed by atoms with Crippen molar-refractivity contribution in [2.24, 2.45) is 0 Å². The number of aryl methyl sites for hydroxylation is 2. The van der Waals surface area contributed by atoms with Gasteiger partial charge in [-0.25, -0.2) is 4.68 Å². The molecule has 178 valence electrons. The number of fused-ring (bicyclic) bond motifs is 1. The normalized spacial score (nSPS) is 16.8. The largest absolute Gasteiger partial charge is 0.494 e. The topological polar surface area (TPSA) is 81.1 Å². The van der Waals surface area contributed by atoms with Crippen LogP contribution in [0, 0.1) is 13.8 Å². The third-order valence-electron chi connectivity index (χ3n) is 5.92. The van der Waals surface area contributed by atoms with Crippen molar-refractivity contribution in [3.8, 4) is 17.1 Å². The number of anilines is 1. The number of hydrogen-bond acceptors (Lipinski definition) is 6. The van der Waals surface area contributed by atoms with Crippen molar-refractivity contribution in [2.75, 3.05) is 17.3 Å². The smallest absolute Gasteiger partial charge is 0.240 e. The molecule has 0 aliphatic carbocycles. The summed E-state index contributed by atoms with van der Waals surface area (Å²) in [6, 6.07) is 23.5. The standard InChI is InChI=1S/C27H27N5O2S/c1-4-34-21-13-11-19(12-14-21)23-24(26(33)28-22-15-10-17(2)16-18(22)3)35-27-30-29-25(32(27)31-23)20-8-6-5-7-9-20/h5-16,23-24,31H,4H2,1-3H3,(H,28,33). The Bertz CT molecular complexity index is 1340. The van der Waals surface area contributed by atoms with Gasteiger partial charge in [0.25, 0.3) is 0 Å². The van der Waals surface area contributed by atoms with Gasteiger partial charge in [-0.15, -0.1) is 10.2 Å². The fourth-order valence-corrected chi connectivity index (χ4v) is 5.25. The van der Waals surface area contributed by atoms with Crippen LogP contribution >= 0.6 is 11.8 Å². The Kier molecular flexibility index (Phi) is 6.46. The highest BCUT2D eigenvalue weighted by molar-refractivity contribution is 8.00. The Hall–Kier alpha value is -3.78. The van der Waals surface area contributed by atoms with Gasteiger partial charge in [-0.05, 0) is 50.1 Å². The van der Waals surface area contributed by atoms with Crippen LogP contribution in [0.25, 0.3) is 11.4 Å². The maximum absolute atomic E-state index is 13.6. The molecule has 0 saturated heterocycles. The van der Waals surface area contributed by atoms with Crippen LogP contribution in [-0.2, 0) is 4.79 Å². The predicted octanol–water partition coefficient (Wildman–Crippen LogP) is 5.36. The molecule has 3 aromatic carbocycles. The molecule has 0 bridgehead atoms. The van der Waals surface area contributed by atoms with Crippen molar-refractivity contribution in [2.45, 2.75) is 37.2 Å². The highest BCUT2D eigenvalue weighted by atomic mass is 32.2. The minimum absolute atomic E-state index is 0.0937. The second kappa shape index (κ2) is 9.84. The minimum atomic E-state index is -0.464. The molecule has 0 spiro atoms. The van der Waals surface area contributed by atoms with Gasteiger partial charge in [-0.3, -0.25) is 4.79 Å². The van der Waals surface area contributed by atoms with E-state index in [-0.39, 0.29) is 11.9 Å². The van der Waals surface area contributed by atoms with Gasteiger partial charge in [0, 0.05) is 11.3 Å². The number of rotatable bonds is 6. The monoisotopic (exact) mass is 485 g/mol. The van der Waals surface area contributed by atoms with Gasteiger partial charge in [0.05, 0.1) is 12.6 Å². The Balaban J connectivity index is 1.50. The zero-order valence-corrected chi connectivity index (χ0v) is 20.7. The molecular formula is C27H27N5O2S. The van der Waals surface area contributed by atoms with Crippen LogP contribution in [0.1, 0.15) is 29.7 Å². The zero-order valence-electron chi connectivity index (χ0n) is 19.9. The Labute approximate surface area is 208 Å². The lowest BCUT2D eigenvalue weighted by atomic mass is 10.0. The number of nitrogens with one attached hydrogen (secondary N) is 2. The first-order valence-electron chi connectivity index (χ1n) is 11.6. The molecule has 8 heteroatoms. The van der Waals surface area contributed by atoms with Crippen LogP contribution in [0.4, 0.5) is 5.69 Å². The molecule has 0 radical (unpaired) electrons. The van der Waals surface area contributed by atoms with Gasteiger partial charge >= 0.3 is 0 Å². The third kappa shape index (κ3) is 4.74. The number of ether oxygens (including phenoxy) is 1. The van der Waals surface area contributed by atoms with E-state index in [2.05, 4.69) is 27.0 Å². The number of hydrogen-bond donors (Lipinski definition) is 2. The first-order valence-corrected chi connectivity index (χ1v) is 12.5. The van der Waals surface area contributed by atoms with Crippen LogP contribution < -0.4 is 15.5 Å². The van der Waals surface area contributed by atoms with E-state index in [0.29, 0.717) is 17.6 Å². The molecule has 2 atom stereocenters. The van der Waals surface area contributed by atoms with Crippen molar-refractivity contribution in [1.82, 2.24) is 14.9 Å². The average Bonchev–Trinajstić information content (AvgIpc) is 3.29. The van der Waals surface area contributed by atoms with E-state index >= 15 is 0 Å². The molecule has 1 aliphatic heterocycles.